The monoisotopic (exact) mass is 1890 g/mol. The third-order valence-electron chi connectivity index (χ3n) is 27.9. The second-order valence-electron chi connectivity index (χ2n) is 36.3. The maximum atomic E-state index is 5.32. The van der Waals surface area contributed by atoms with Crippen molar-refractivity contribution < 1.29 is 0 Å². The fraction of sp³-hybridized carbons (Fsp3) is 0. The molecule has 0 unspecified atom stereocenters. The highest BCUT2D eigenvalue weighted by atomic mass is 32.1. The molecular weight excluding hydrogens is 1810 g/mol. The minimum atomic E-state index is 0.656. The van der Waals surface area contributed by atoms with E-state index in [1.165, 1.54) is 165 Å². The number of benzene rings is 20. The van der Waals surface area contributed by atoms with Crippen LogP contribution < -0.4 is 0 Å². The van der Waals surface area contributed by atoms with Crippen molar-refractivity contribution in [2.75, 3.05) is 0 Å². The van der Waals surface area contributed by atoms with Crippen molar-refractivity contribution in [3.05, 3.63) is 504 Å². The van der Waals surface area contributed by atoms with Crippen LogP contribution in [0.5, 0.6) is 0 Å². The molecule has 0 radical (unpaired) electrons. The zero-order valence-electron chi connectivity index (χ0n) is 77.7. The Morgan fingerprint density at radius 2 is 0.444 bits per heavy atom. The fourth-order valence-electron chi connectivity index (χ4n) is 20.9. The van der Waals surface area contributed by atoms with Gasteiger partial charge in [0.05, 0.1) is 55.9 Å². The minimum absolute atomic E-state index is 0.656. The van der Waals surface area contributed by atoms with E-state index in [4.69, 9.17) is 24.9 Å². The summed E-state index contributed by atoms with van der Waals surface area (Å²) in [6.07, 6.45) is 3.73. The number of para-hydroxylation sites is 3. The molecule has 0 atom stereocenters. The first-order valence-electron chi connectivity index (χ1n) is 48.4. The highest BCUT2D eigenvalue weighted by molar-refractivity contribution is 7.27. The Morgan fingerprint density at radius 1 is 0.160 bits per heavy atom. The van der Waals surface area contributed by atoms with Crippen molar-refractivity contribution in [3.8, 4) is 141 Å². The summed E-state index contributed by atoms with van der Waals surface area (Å²) in [5.41, 5.74) is 31.0. The smallest absolute Gasteiger partial charge is 0.235 e. The Balaban J connectivity index is 0.000000108. The summed E-state index contributed by atoms with van der Waals surface area (Å²) in [6, 6.07) is 174. The zero-order chi connectivity index (χ0) is 95.1. The molecule has 12 heteroatoms. The zero-order valence-corrected chi connectivity index (χ0v) is 80.1. The molecule has 29 aromatic rings. The van der Waals surface area contributed by atoms with E-state index in [0.717, 1.165) is 83.9 Å². The summed E-state index contributed by atoms with van der Waals surface area (Å²) in [4.78, 5) is 30.3. The van der Waals surface area contributed by atoms with Gasteiger partial charge in [0, 0.05) is 139 Å². The van der Waals surface area contributed by atoms with Gasteiger partial charge in [-0.2, -0.15) is 0 Å². The van der Waals surface area contributed by atoms with Gasteiger partial charge in [-0.25, -0.2) is 29.9 Å². The predicted molar refractivity (Wildman–Crippen MR) is 608 cm³/mol. The van der Waals surface area contributed by atoms with Crippen LogP contribution in [0.4, 0.5) is 0 Å². The molecule has 0 spiro atoms. The Morgan fingerprint density at radius 3 is 0.861 bits per heavy atom. The maximum absolute atomic E-state index is 5.32. The molecule has 29 rings (SSSR count). The lowest BCUT2D eigenvalue weighted by Gasteiger charge is -2.12. The summed E-state index contributed by atoms with van der Waals surface area (Å²) in [6.45, 7) is 0. The SMILES string of the molecule is c1ccc(-c2ccc(-c3cc(-c4ccc(-c5ccccc5)cc4)nc(-n4c5ccccc5c5c6sc7ccccc7c6ccc54)n3)cc2)cc1.c1ccc(-c2ccc(-c3cccc(-c4ccnc(-c5ccc(-n6c7ccccc7c7c8sc9ccccc9c8ccc76)cc5)n4)c3)cc2)cc1.c1ccc(-c2cccc(-c3ccc(-c4ccnc(-n5c6ccccc6c6c7sc8ccccc8c7ccc65)n4)cc3)c2)cc1. The van der Waals surface area contributed by atoms with Crippen LogP contribution in [0, 0.1) is 0 Å². The van der Waals surface area contributed by atoms with Gasteiger partial charge in [0.1, 0.15) is 0 Å². The molecule has 9 heterocycles. The molecule has 0 aliphatic heterocycles. The highest BCUT2D eigenvalue weighted by Gasteiger charge is 2.25. The van der Waals surface area contributed by atoms with Gasteiger partial charge in [-0.05, 0) is 176 Å². The van der Waals surface area contributed by atoms with E-state index < -0.39 is 0 Å². The lowest BCUT2D eigenvalue weighted by Crippen LogP contribution is -2.04. The summed E-state index contributed by atoms with van der Waals surface area (Å²) >= 11 is 5.60. The largest absolute Gasteiger partial charge is 0.309 e. The fourth-order valence-corrected chi connectivity index (χ4v) is 24.7. The second-order valence-corrected chi connectivity index (χ2v) is 39.4. The molecule has 674 valence electrons. The molecule has 144 heavy (non-hydrogen) atoms. The minimum Gasteiger partial charge on any atom is -0.309 e. The summed E-state index contributed by atoms with van der Waals surface area (Å²) < 4.78 is 14.7. The Labute approximate surface area is 841 Å². The van der Waals surface area contributed by atoms with Gasteiger partial charge in [0.25, 0.3) is 0 Å². The lowest BCUT2D eigenvalue weighted by molar-refractivity contribution is 0.992. The van der Waals surface area contributed by atoms with E-state index in [1.807, 2.05) is 64.6 Å². The van der Waals surface area contributed by atoms with Gasteiger partial charge in [-0.1, -0.05) is 382 Å². The van der Waals surface area contributed by atoms with E-state index in [1.54, 1.807) is 0 Å². The number of hydrogen-bond acceptors (Lipinski definition) is 9. The molecule has 0 saturated heterocycles. The summed E-state index contributed by atoms with van der Waals surface area (Å²) in [5.74, 6) is 2.04. The van der Waals surface area contributed by atoms with Gasteiger partial charge < -0.3 is 4.57 Å². The number of rotatable bonds is 14. The summed E-state index contributed by atoms with van der Waals surface area (Å²) in [7, 11) is 0. The Bertz CT molecular complexity index is 9880. The average molecular weight is 1890 g/mol. The first kappa shape index (κ1) is 84.9. The van der Waals surface area contributed by atoms with Crippen LogP contribution in [0.1, 0.15) is 0 Å². The van der Waals surface area contributed by atoms with Crippen LogP contribution in [0.25, 0.3) is 267 Å². The van der Waals surface area contributed by atoms with Crippen molar-refractivity contribution in [3.63, 3.8) is 0 Å². The number of hydrogen-bond donors (Lipinski definition) is 0. The number of thiophene rings is 3. The van der Waals surface area contributed by atoms with Gasteiger partial charge in [-0.3, -0.25) is 9.13 Å². The molecule has 0 aliphatic carbocycles. The van der Waals surface area contributed by atoms with E-state index in [9.17, 15) is 0 Å². The quantitative estimate of drug-likeness (QED) is 0.108. The van der Waals surface area contributed by atoms with Crippen LogP contribution in [0.2, 0.25) is 0 Å². The third kappa shape index (κ3) is 15.3. The molecule has 20 aromatic carbocycles. The first-order chi connectivity index (χ1) is 71.4. The highest BCUT2D eigenvalue weighted by Crippen LogP contribution is 2.49. The van der Waals surface area contributed by atoms with Crippen molar-refractivity contribution >= 4 is 160 Å². The van der Waals surface area contributed by atoms with Gasteiger partial charge in [0.15, 0.2) is 5.82 Å². The number of aromatic nitrogens is 9. The van der Waals surface area contributed by atoms with E-state index in [2.05, 4.69) is 492 Å². The second kappa shape index (κ2) is 36.2. The van der Waals surface area contributed by atoms with Crippen LogP contribution >= 0.6 is 34.0 Å². The van der Waals surface area contributed by atoms with Crippen LogP contribution in [-0.2, 0) is 0 Å². The molecule has 9 nitrogen and oxygen atoms in total. The van der Waals surface area contributed by atoms with Gasteiger partial charge >= 0.3 is 0 Å². The van der Waals surface area contributed by atoms with Crippen LogP contribution in [-0.4, -0.2) is 43.6 Å². The van der Waals surface area contributed by atoms with Crippen molar-refractivity contribution in [1.82, 2.24) is 43.6 Å². The van der Waals surface area contributed by atoms with E-state index in [-0.39, 0.29) is 0 Å². The molecule has 9 aromatic heterocycles. The molecule has 0 aliphatic rings. The maximum Gasteiger partial charge on any atom is 0.235 e. The van der Waals surface area contributed by atoms with Crippen molar-refractivity contribution in [1.29, 1.82) is 0 Å². The summed E-state index contributed by atoms with van der Waals surface area (Å²) in [5, 5.41) is 15.3. The van der Waals surface area contributed by atoms with Crippen LogP contribution in [0.3, 0.4) is 0 Å². The average Bonchev–Trinajstić information content (AvgIpc) is 1.57. The van der Waals surface area contributed by atoms with Crippen LogP contribution in [0.15, 0.2) is 504 Å². The molecule has 0 amide bonds. The lowest BCUT2D eigenvalue weighted by atomic mass is 9.98. The molecule has 0 fully saturated rings. The molecular formula is C132H83N9S3. The predicted octanol–water partition coefficient (Wildman–Crippen LogP) is 36.2. The van der Waals surface area contributed by atoms with Gasteiger partial charge in [0.2, 0.25) is 11.9 Å². The molecule has 0 N–H and O–H groups in total. The topological polar surface area (TPSA) is 92.1 Å². The van der Waals surface area contributed by atoms with Crippen molar-refractivity contribution in [2.24, 2.45) is 0 Å². The number of fused-ring (bicyclic) bond motifs is 21. The number of nitrogens with zero attached hydrogens (tertiary/aromatic N) is 9. The normalized spacial score (nSPS) is 11.6. The van der Waals surface area contributed by atoms with Gasteiger partial charge in [-0.15, -0.1) is 34.0 Å². The first-order valence-corrected chi connectivity index (χ1v) is 50.8. The molecule has 0 bridgehead atoms. The van der Waals surface area contributed by atoms with Crippen molar-refractivity contribution in [2.45, 2.75) is 0 Å². The molecule has 0 saturated carbocycles. The van der Waals surface area contributed by atoms with E-state index in [0.29, 0.717) is 17.7 Å². The standard InChI is InChI=1S/2C46H29N3S.C40H25N3S/c1-3-11-30(12-4-1)32-19-23-34(24-20-32)39-29-40(35-25-21-33(22-26-35)31-13-5-2-6-14-31)48-46(47-39)49-41-17-9-7-16-38(41)44-42(49)28-27-37-36-15-8-10-18-43(36)50-45(37)44;1-2-9-30(10-3-1)31-17-19-32(20-18-31)34-11-8-12-35(29-34)40-27-28-47-46(48-40)33-21-23-36(24-22-33)49-41-15-6-4-14-39(41)44-42(49)26-25-38-37-13-5-7-16-43(37)50-45(38)44;1-2-9-26(10-3-1)29-11-8-12-30(25-29)27-17-19-28(20-18-27)34-23-24-41-40(42-34)43-35-15-6-4-14-33(35)38-36(43)22-21-32-31-13-5-7-16-37(31)44-39(32)38/h2*1-29H;1-25H. The van der Waals surface area contributed by atoms with E-state index >= 15 is 0 Å². The Hall–Kier alpha value is -18.3. The third-order valence-corrected chi connectivity index (χ3v) is 31.5. The Kier molecular flexibility index (Phi) is 21.3.